The van der Waals surface area contributed by atoms with Gasteiger partial charge in [0.2, 0.25) is 0 Å². The molecule has 0 rings (SSSR count). The number of aliphatic hydroxyl groups is 1. The van der Waals surface area contributed by atoms with Crippen LogP contribution in [0.1, 0.15) is 12.8 Å². The van der Waals surface area contributed by atoms with Gasteiger partial charge < -0.3 is 15.2 Å². The Kier molecular flexibility index (Phi) is 8.77. The van der Waals surface area contributed by atoms with E-state index in [4.69, 9.17) is 9.84 Å². The fourth-order valence-electron chi connectivity index (χ4n) is 0.700. The normalized spacial score (nSPS) is 10.2. The number of rotatable bonds is 7. The summed E-state index contributed by atoms with van der Waals surface area (Å²) in [5.74, 6) is 0. The third-order valence-electron chi connectivity index (χ3n) is 1.24. The van der Waals surface area contributed by atoms with Crippen LogP contribution in [0.4, 0.5) is 0 Å². The molecule has 0 fully saturated rings. The van der Waals surface area contributed by atoms with Crippen LogP contribution in [0.2, 0.25) is 0 Å². The minimum absolute atomic E-state index is 0.226. The van der Waals surface area contributed by atoms with Crippen molar-refractivity contribution >= 4 is 0 Å². The zero-order valence-corrected chi connectivity index (χ0v) is 6.60. The first-order chi connectivity index (χ1) is 4.91. The number of methoxy groups -OCH3 is 1. The molecule has 0 amide bonds. The van der Waals surface area contributed by atoms with Crippen molar-refractivity contribution in [3.8, 4) is 0 Å². The number of hydrogen-bond acceptors (Lipinski definition) is 3. The first-order valence-corrected chi connectivity index (χ1v) is 3.72. The van der Waals surface area contributed by atoms with Crippen LogP contribution in [0.5, 0.6) is 0 Å². The van der Waals surface area contributed by atoms with Gasteiger partial charge in [0.1, 0.15) is 0 Å². The molecule has 0 atom stereocenters. The predicted octanol–water partition coefficient (Wildman–Crippen LogP) is -0.00510. The maximum Gasteiger partial charge on any atom is 0.0555 e. The van der Waals surface area contributed by atoms with Crippen LogP contribution >= 0.6 is 0 Å². The molecular formula is C7H17NO2. The Morgan fingerprint density at radius 2 is 2.10 bits per heavy atom. The smallest absolute Gasteiger partial charge is 0.0555 e. The van der Waals surface area contributed by atoms with Crippen LogP contribution in [0.3, 0.4) is 0 Å². The van der Waals surface area contributed by atoms with Crippen LogP contribution in [-0.2, 0) is 4.74 Å². The zero-order chi connectivity index (χ0) is 7.66. The molecule has 0 saturated heterocycles. The van der Waals surface area contributed by atoms with E-state index in [1.165, 1.54) is 0 Å². The van der Waals surface area contributed by atoms with Crippen molar-refractivity contribution in [3.63, 3.8) is 0 Å². The van der Waals surface area contributed by atoms with Crippen LogP contribution in [-0.4, -0.2) is 38.5 Å². The van der Waals surface area contributed by atoms with Crippen LogP contribution in [0.25, 0.3) is 0 Å². The van der Waals surface area contributed by atoms with Gasteiger partial charge in [0.25, 0.3) is 0 Å². The first kappa shape index (κ1) is 9.88. The summed E-state index contributed by atoms with van der Waals surface area (Å²) in [6.07, 6.45) is 2.21. The van der Waals surface area contributed by atoms with Crippen molar-refractivity contribution in [2.45, 2.75) is 12.8 Å². The Balaban J connectivity index is 2.65. The molecule has 2 N–H and O–H groups in total. The summed E-state index contributed by atoms with van der Waals surface area (Å²) in [5, 5.41) is 11.5. The van der Waals surface area contributed by atoms with Gasteiger partial charge in [-0.25, -0.2) is 0 Å². The molecule has 3 heteroatoms. The van der Waals surface area contributed by atoms with E-state index in [0.717, 1.165) is 26.0 Å². The summed E-state index contributed by atoms with van der Waals surface area (Å²) in [4.78, 5) is 0. The second-order valence-electron chi connectivity index (χ2n) is 2.17. The van der Waals surface area contributed by atoms with Crippen LogP contribution in [0.15, 0.2) is 0 Å². The Morgan fingerprint density at radius 3 is 2.70 bits per heavy atom. The van der Waals surface area contributed by atoms with E-state index < -0.39 is 0 Å². The number of unbranched alkanes of at least 4 members (excludes halogenated alkanes) is 1. The summed E-state index contributed by atoms with van der Waals surface area (Å²) >= 11 is 0. The van der Waals surface area contributed by atoms with E-state index in [2.05, 4.69) is 5.32 Å². The largest absolute Gasteiger partial charge is 0.395 e. The lowest BCUT2D eigenvalue weighted by Crippen LogP contribution is -2.19. The molecule has 0 aromatic carbocycles. The fraction of sp³-hybridized carbons (Fsp3) is 1.00. The minimum Gasteiger partial charge on any atom is -0.395 e. The molecule has 0 aliphatic carbocycles. The van der Waals surface area contributed by atoms with Crippen LogP contribution in [0, 0.1) is 0 Å². The number of nitrogens with one attached hydrogen (secondary N) is 1. The molecule has 0 heterocycles. The molecule has 0 bridgehead atoms. The van der Waals surface area contributed by atoms with Crippen molar-refractivity contribution in [2.75, 3.05) is 33.4 Å². The minimum atomic E-state index is 0.226. The second-order valence-corrected chi connectivity index (χ2v) is 2.17. The van der Waals surface area contributed by atoms with Gasteiger partial charge in [-0.2, -0.15) is 0 Å². The lowest BCUT2D eigenvalue weighted by molar-refractivity contribution is 0.192. The van der Waals surface area contributed by atoms with E-state index in [0.29, 0.717) is 6.54 Å². The predicted molar refractivity (Wildman–Crippen MR) is 41.1 cm³/mol. The lowest BCUT2D eigenvalue weighted by Gasteiger charge is -2.00. The molecule has 0 aromatic heterocycles. The molecule has 0 saturated carbocycles. The molecule has 0 unspecified atom stereocenters. The van der Waals surface area contributed by atoms with Crippen molar-refractivity contribution in [1.29, 1.82) is 0 Å². The number of hydrogen-bond donors (Lipinski definition) is 2. The van der Waals surface area contributed by atoms with Gasteiger partial charge in [0.05, 0.1) is 6.61 Å². The van der Waals surface area contributed by atoms with Crippen molar-refractivity contribution in [2.24, 2.45) is 0 Å². The standard InChI is InChI=1S/C7H17NO2/c1-10-7-3-2-4-8-5-6-9/h8-9H,2-7H2,1H3. The van der Waals surface area contributed by atoms with E-state index >= 15 is 0 Å². The molecule has 10 heavy (non-hydrogen) atoms. The van der Waals surface area contributed by atoms with Gasteiger partial charge >= 0.3 is 0 Å². The summed E-state index contributed by atoms with van der Waals surface area (Å²) in [6.45, 7) is 2.74. The maximum absolute atomic E-state index is 8.38. The Bertz CT molecular complexity index is 51.6. The molecule has 3 nitrogen and oxygen atoms in total. The molecule has 0 spiro atoms. The SMILES string of the molecule is COCCCCNCCO. The molecule has 0 aliphatic rings. The lowest BCUT2D eigenvalue weighted by atomic mass is 10.3. The first-order valence-electron chi connectivity index (χ1n) is 3.72. The van der Waals surface area contributed by atoms with Crippen LogP contribution < -0.4 is 5.32 Å². The second kappa shape index (κ2) is 8.88. The Labute approximate surface area is 62.4 Å². The number of aliphatic hydroxyl groups excluding tert-OH is 1. The monoisotopic (exact) mass is 147 g/mol. The van der Waals surface area contributed by atoms with Crippen molar-refractivity contribution in [3.05, 3.63) is 0 Å². The van der Waals surface area contributed by atoms with E-state index in [9.17, 15) is 0 Å². The third kappa shape index (κ3) is 7.88. The average molecular weight is 147 g/mol. The summed E-state index contributed by atoms with van der Waals surface area (Å²) in [7, 11) is 1.71. The molecular weight excluding hydrogens is 130 g/mol. The highest BCUT2D eigenvalue weighted by Gasteiger charge is 1.86. The zero-order valence-electron chi connectivity index (χ0n) is 6.60. The summed E-state index contributed by atoms with van der Waals surface area (Å²) < 4.78 is 4.87. The van der Waals surface area contributed by atoms with Crippen molar-refractivity contribution in [1.82, 2.24) is 5.32 Å². The molecule has 0 aliphatic heterocycles. The average Bonchev–Trinajstić information content (AvgIpc) is 1.97. The van der Waals surface area contributed by atoms with Gasteiger partial charge in [-0.15, -0.1) is 0 Å². The van der Waals surface area contributed by atoms with Crippen molar-refractivity contribution < 1.29 is 9.84 Å². The van der Waals surface area contributed by atoms with E-state index in [1.54, 1.807) is 7.11 Å². The maximum atomic E-state index is 8.38. The van der Waals surface area contributed by atoms with Gasteiger partial charge in [-0.05, 0) is 19.4 Å². The highest BCUT2D eigenvalue weighted by molar-refractivity contribution is 4.45. The Hall–Kier alpha value is -0.120. The van der Waals surface area contributed by atoms with E-state index in [1.807, 2.05) is 0 Å². The van der Waals surface area contributed by atoms with Gasteiger partial charge in [-0.1, -0.05) is 0 Å². The fourth-order valence-corrected chi connectivity index (χ4v) is 0.700. The Morgan fingerprint density at radius 1 is 1.30 bits per heavy atom. The van der Waals surface area contributed by atoms with E-state index in [-0.39, 0.29) is 6.61 Å². The molecule has 0 radical (unpaired) electrons. The highest BCUT2D eigenvalue weighted by atomic mass is 16.5. The quantitative estimate of drug-likeness (QED) is 0.498. The number of ether oxygens (including phenoxy) is 1. The molecule has 62 valence electrons. The van der Waals surface area contributed by atoms with Gasteiger partial charge in [-0.3, -0.25) is 0 Å². The van der Waals surface area contributed by atoms with Gasteiger partial charge in [0, 0.05) is 20.3 Å². The highest BCUT2D eigenvalue weighted by Crippen LogP contribution is 1.85. The van der Waals surface area contributed by atoms with Gasteiger partial charge in [0.15, 0.2) is 0 Å². The molecule has 0 aromatic rings. The third-order valence-corrected chi connectivity index (χ3v) is 1.24. The summed E-state index contributed by atoms with van der Waals surface area (Å²) in [5.41, 5.74) is 0. The topological polar surface area (TPSA) is 41.5 Å². The summed E-state index contributed by atoms with van der Waals surface area (Å²) in [6, 6.07) is 0.